The van der Waals surface area contributed by atoms with Gasteiger partial charge in [-0.3, -0.25) is 29.8 Å². The molecule has 11 nitrogen and oxygen atoms in total. The fourth-order valence-corrected chi connectivity index (χ4v) is 2.06. The predicted molar refractivity (Wildman–Crippen MR) is 88.8 cm³/mol. The fraction of sp³-hybridized carbons (Fsp3) is 0.429. The summed E-state index contributed by atoms with van der Waals surface area (Å²) < 4.78 is 0. The average Bonchev–Trinajstić information content (AvgIpc) is 2.51. The standard InChI is InChI=1S/C14H19N5O6/c1-8(2)13(14(15)21)17-12(20)5-6-16-10-4-3-9(18(22)23)7-11(10)19(24)25/h3-4,7-8,13,16H,5-6H2,1-2H3,(H2,15,21)(H,17,20)/t13-/m0/s1. The predicted octanol–water partition coefficient (Wildman–Crippen LogP) is 0.931. The van der Waals surface area contributed by atoms with Crippen molar-refractivity contribution in [3.63, 3.8) is 0 Å². The van der Waals surface area contributed by atoms with Crippen LogP contribution in [0.1, 0.15) is 20.3 Å². The van der Waals surface area contributed by atoms with Gasteiger partial charge in [0, 0.05) is 19.0 Å². The van der Waals surface area contributed by atoms with E-state index in [1.165, 1.54) is 6.07 Å². The van der Waals surface area contributed by atoms with Gasteiger partial charge in [-0.25, -0.2) is 0 Å². The maximum absolute atomic E-state index is 11.8. The quantitative estimate of drug-likeness (QED) is 0.437. The largest absolute Gasteiger partial charge is 0.379 e. The Hall–Kier alpha value is -3.24. The molecule has 0 radical (unpaired) electrons. The SMILES string of the molecule is CC(C)[C@H](NC(=O)CCNc1ccc([N+](=O)[O-])cc1[N+](=O)[O-])C(N)=O. The summed E-state index contributed by atoms with van der Waals surface area (Å²) in [6.07, 6.45) is -0.0648. The monoisotopic (exact) mass is 353 g/mol. The summed E-state index contributed by atoms with van der Waals surface area (Å²) in [5.41, 5.74) is 4.38. The minimum atomic E-state index is -0.804. The van der Waals surface area contributed by atoms with Crippen molar-refractivity contribution in [3.8, 4) is 0 Å². The van der Waals surface area contributed by atoms with Gasteiger partial charge in [0.1, 0.15) is 11.7 Å². The lowest BCUT2D eigenvalue weighted by molar-refractivity contribution is -0.393. The number of nitro benzene ring substituents is 2. The summed E-state index contributed by atoms with van der Waals surface area (Å²) in [7, 11) is 0. The number of rotatable bonds is 9. The molecule has 0 aliphatic rings. The van der Waals surface area contributed by atoms with Gasteiger partial charge in [0.2, 0.25) is 11.8 Å². The third kappa shape index (κ3) is 5.71. The molecule has 0 bridgehead atoms. The number of nitrogens with two attached hydrogens (primary N) is 1. The fourth-order valence-electron chi connectivity index (χ4n) is 2.06. The van der Waals surface area contributed by atoms with E-state index in [0.29, 0.717) is 0 Å². The number of hydrogen-bond donors (Lipinski definition) is 3. The molecule has 4 N–H and O–H groups in total. The van der Waals surface area contributed by atoms with Gasteiger partial charge in [0.05, 0.1) is 15.9 Å². The number of amides is 2. The van der Waals surface area contributed by atoms with Crippen LogP contribution in [-0.4, -0.2) is 34.2 Å². The van der Waals surface area contributed by atoms with E-state index in [2.05, 4.69) is 10.6 Å². The highest BCUT2D eigenvalue weighted by atomic mass is 16.6. The van der Waals surface area contributed by atoms with E-state index in [1.54, 1.807) is 13.8 Å². The molecule has 1 atom stereocenters. The Balaban J connectivity index is 2.69. The van der Waals surface area contributed by atoms with E-state index >= 15 is 0 Å². The van der Waals surface area contributed by atoms with Crippen LogP contribution >= 0.6 is 0 Å². The summed E-state index contributed by atoms with van der Waals surface area (Å²) >= 11 is 0. The van der Waals surface area contributed by atoms with Crippen molar-refractivity contribution in [1.29, 1.82) is 0 Å². The van der Waals surface area contributed by atoms with Crippen LogP contribution in [0.3, 0.4) is 0 Å². The first kappa shape index (κ1) is 19.8. The molecule has 0 saturated heterocycles. The van der Waals surface area contributed by atoms with Crippen LogP contribution in [-0.2, 0) is 9.59 Å². The highest BCUT2D eigenvalue weighted by Crippen LogP contribution is 2.28. The molecule has 0 fully saturated rings. The van der Waals surface area contributed by atoms with Crippen LogP contribution in [0.25, 0.3) is 0 Å². The average molecular weight is 353 g/mol. The smallest absolute Gasteiger partial charge is 0.299 e. The number of carbonyl (C=O) groups excluding carboxylic acids is 2. The molecule has 0 saturated carbocycles. The Morgan fingerprint density at radius 1 is 1.20 bits per heavy atom. The number of benzene rings is 1. The van der Waals surface area contributed by atoms with Gasteiger partial charge in [-0.05, 0) is 12.0 Å². The third-order valence-electron chi connectivity index (χ3n) is 3.35. The second kappa shape index (κ2) is 8.57. The van der Waals surface area contributed by atoms with Crippen molar-refractivity contribution in [2.75, 3.05) is 11.9 Å². The summed E-state index contributed by atoms with van der Waals surface area (Å²) in [4.78, 5) is 43.3. The molecule has 11 heteroatoms. The highest BCUT2D eigenvalue weighted by Gasteiger charge is 2.22. The van der Waals surface area contributed by atoms with Crippen LogP contribution in [0.5, 0.6) is 0 Å². The van der Waals surface area contributed by atoms with E-state index in [-0.39, 0.29) is 24.6 Å². The molecule has 0 spiro atoms. The summed E-state index contributed by atoms with van der Waals surface area (Å²) in [5, 5.41) is 26.8. The lowest BCUT2D eigenvalue weighted by atomic mass is 10.0. The summed E-state index contributed by atoms with van der Waals surface area (Å²) in [6.45, 7) is 3.50. The summed E-state index contributed by atoms with van der Waals surface area (Å²) in [6, 6.07) is 2.36. The Labute approximate surface area is 142 Å². The molecule has 0 heterocycles. The lowest BCUT2D eigenvalue weighted by Crippen LogP contribution is -2.47. The van der Waals surface area contributed by atoms with Crippen LogP contribution in [0.4, 0.5) is 17.1 Å². The first-order chi connectivity index (χ1) is 11.6. The van der Waals surface area contributed by atoms with Gasteiger partial charge in [-0.15, -0.1) is 0 Å². The minimum Gasteiger partial charge on any atom is -0.379 e. The van der Waals surface area contributed by atoms with Gasteiger partial charge in [0.15, 0.2) is 0 Å². The van der Waals surface area contributed by atoms with E-state index in [4.69, 9.17) is 5.73 Å². The molecule has 25 heavy (non-hydrogen) atoms. The van der Waals surface area contributed by atoms with Gasteiger partial charge in [-0.1, -0.05) is 13.8 Å². The number of nitrogens with zero attached hydrogens (tertiary/aromatic N) is 2. The Bertz CT molecular complexity index is 690. The molecule has 1 aromatic rings. The molecule has 0 unspecified atom stereocenters. The van der Waals surface area contributed by atoms with Gasteiger partial charge in [-0.2, -0.15) is 0 Å². The first-order valence-electron chi connectivity index (χ1n) is 7.38. The topological polar surface area (TPSA) is 170 Å². The van der Waals surface area contributed by atoms with E-state index in [1.807, 2.05) is 0 Å². The number of non-ortho nitro benzene ring substituents is 1. The van der Waals surface area contributed by atoms with E-state index in [9.17, 15) is 29.8 Å². The second-order valence-corrected chi connectivity index (χ2v) is 5.58. The highest BCUT2D eigenvalue weighted by molar-refractivity contribution is 5.87. The van der Waals surface area contributed by atoms with Crippen molar-refractivity contribution in [3.05, 3.63) is 38.4 Å². The minimum absolute atomic E-state index is 0.0358. The third-order valence-corrected chi connectivity index (χ3v) is 3.35. The molecule has 0 aliphatic heterocycles. The maximum atomic E-state index is 11.8. The van der Waals surface area contributed by atoms with Crippen molar-refractivity contribution in [2.24, 2.45) is 11.7 Å². The zero-order chi connectivity index (χ0) is 19.1. The summed E-state index contributed by atoms with van der Waals surface area (Å²) in [5.74, 6) is -1.28. The van der Waals surface area contributed by atoms with Gasteiger partial charge in [0.25, 0.3) is 11.4 Å². The Morgan fingerprint density at radius 2 is 1.84 bits per heavy atom. The normalized spacial score (nSPS) is 11.6. The van der Waals surface area contributed by atoms with Crippen molar-refractivity contribution in [2.45, 2.75) is 26.3 Å². The molecule has 136 valence electrons. The molecular formula is C14H19N5O6. The van der Waals surface area contributed by atoms with E-state index in [0.717, 1.165) is 12.1 Å². The van der Waals surface area contributed by atoms with Crippen molar-refractivity contribution < 1.29 is 19.4 Å². The number of nitro groups is 2. The number of primary amides is 1. The molecule has 0 aromatic heterocycles. The van der Waals surface area contributed by atoms with Crippen molar-refractivity contribution >= 4 is 28.9 Å². The number of nitrogens with one attached hydrogen (secondary N) is 2. The molecular weight excluding hydrogens is 334 g/mol. The molecule has 2 amide bonds. The van der Waals surface area contributed by atoms with E-state index < -0.39 is 39.1 Å². The zero-order valence-corrected chi connectivity index (χ0v) is 13.7. The van der Waals surface area contributed by atoms with Crippen LogP contribution in [0.2, 0.25) is 0 Å². The Morgan fingerprint density at radius 3 is 2.32 bits per heavy atom. The van der Waals surface area contributed by atoms with Gasteiger partial charge < -0.3 is 16.4 Å². The van der Waals surface area contributed by atoms with Crippen LogP contribution in [0.15, 0.2) is 18.2 Å². The number of carbonyl (C=O) groups is 2. The van der Waals surface area contributed by atoms with Crippen molar-refractivity contribution in [1.82, 2.24) is 5.32 Å². The lowest BCUT2D eigenvalue weighted by Gasteiger charge is -2.19. The molecule has 0 aliphatic carbocycles. The van der Waals surface area contributed by atoms with Crippen LogP contribution in [0, 0.1) is 26.1 Å². The zero-order valence-electron chi connectivity index (χ0n) is 13.7. The molecule has 1 aromatic carbocycles. The number of hydrogen-bond acceptors (Lipinski definition) is 7. The second-order valence-electron chi connectivity index (χ2n) is 5.58. The first-order valence-corrected chi connectivity index (χ1v) is 7.38. The molecule has 1 rings (SSSR count). The van der Waals surface area contributed by atoms with Gasteiger partial charge >= 0.3 is 0 Å². The van der Waals surface area contributed by atoms with Crippen LogP contribution < -0.4 is 16.4 Å². The number of anilines is 1. The Kier molecular flexibility index (Phi) is 6.79. The maximum Gasteiger partial charge on any atom is 0.299 e.